The third kappa shape index (κ3) is 1.84. The van der Waals surface area contributed by atoms with E-state index in [1.54, 1.807) is 11.8 Å². The molecule has 1 aliphatic carbocycles. The van der Waals surface area contributed by atoms with Crippen molar-refractivity contribution in [3.63, 3.8) is 0 Å². The highest BCUT2D eigenvalue weighted by Gasteiger charge is 2.20. The molecular weight excluding hydrogens is 222 g/mol. The van der Waals surface area contributed by atoms with Gasteiger partial charge in [-0.2, -0.15) is 11.8 Å². The van der Waals surface area contributed by atoms with Gasteiger partial charge in [-0.15, -0.1) is 0 Å². The van der Waals surface area contributed by atoms with Crippen LogP contribution in [0, 0.1) is 0 Å². The Morgan fingerprint density at radius 2 is 2.12 bits per heavy atom. The van der Waals surface area contributed by atoms with Crippen molar-refractivity contribution in [1.82, 2.24) is 9.97 Å². The fraction of sp³-hybridized carbons (Fsp3) is 0.636. The van der Waals surface area contributed by atoms with Gasteiger partial charge < -0.3 is 5.32 Å². The minimum Gasteiger partial charge on any atom is -0.353 e. The van der Waals surface area contributed by atoms with Crippen LogP contribution in [0.25, 0.3) is 0 Å². The van der Waals surface area contributed by atoms with E-state index in [1.165, 1.54) is 25.7 Å². The molecule has 2 N–H and O–H groups in total. The molecule has 86 valence electrons. The van der Waals surface area contributed by atoms with E-state index >= 15 is 0 Å². The first-order valence-corrected chi connectivity index (χ1v) is 6.95. The minimum absolute atomic E-state index is 0.0375. The van der Waals surface area contributed by atoms with Crippen LogP contribution in [-0.2, 0) is 11.5 Å². The summed E-state index contributed by atoms with van der Waals surface area (Å²) in [6.07, 6.45) is 4.94. The maximum absolute atomic E-state index is 11.8. The van der Waals surface area contributed by atoms with Gasteiger partial charge in [-0.25, -0.2) is 4.98 Å². The number of rotatable bonds is 2. The summed E-state index contributed by atoms with van der Waals surface area (Å²) < 4.78 is 0. The van der Waals surface area contributed by atoms with Crippen LogP contribution in [0.5, 0.6) is 0 Å². The highest BCUT2D eigenvalue weighted by molar-refractivity contribution is 7.98. The molecule has 3 rings (SSSR count). The normalized spacial score (nSPS) is 20.0. The SMILES string of the molecule is O=c1[nH]c(NC2CCCC2)nc2c1CSC2. The van der Waals surface area contributed by atoms with E-state index in [4.69, 9.17) is 0 Å². The van der Waals surface area contributed by atoms with Crippen LogP contribution in [0.15, 0.2) is 4.79 Å². The number of thioether (sulfide) groups is 1. The average Bonchev–Trinajstić information content (AvgIpc) is 2.87. The lowest BCUT2D eigenvalue weighted by Crippen LogP contribution is -2.22. The molecule has 0 unspecified atom stereocenters. The summed E-state index contributed by atoms with van der Waals surface area (Å²) in [5.41, 5.74) is 1.87. The van der Waals surface area contributed by atoms with E-state index in [0.29, 0.717) is 12.0 Å². The second-order valence-corrected chi connectivity index (χ2v) is 5.44. The molecular formula is C11H15N3OS. The summed E-state index contributed by atoms with van der Waals surface area (Å²) in [7, 11) is 0. The average molecular weight is 237 g/mol. The Morgan fingerprint density at radius 1 is 1.31 bits per heavy atom. The van der Waals surface area contributed by atoms with Gasteiger partial charge >= 0.3 is 0 Å². The van der Waals surface area contributed by atoms with Gasteiger partial charge in [0.15, 0.2) is 0 Å². The fourth-order valence-corrected chi connectivity index (χ4v) is 3.43. The molecule has 0 aromatic carbocycles. The second kappa shape index (κ2) is 4.13. The summed E-state index contributed by atoms with van der Waals surface area (Å²) >= 11 is 1.76. The molecule has 0 atom stereocenters. The Kier molecular flexibility index (Phi) is 2.63. The van der Waals surface area contributed by atoms with Crippen LogP contribution >= 0.6 is 11.8 Å². The first kappa shape index (κ1) is 10.2. The number of nitrogens with zero attached hydrogens (tertiary/aromatic N) is 1. The zero-order valence-electron chi connectivity index (χ0n) is 9.08. The Morgan fingerprint density at radius 3 is 2.94 bits per heavy atom. The van der Waals surface area contributed by atoms with Gasteiger partial charge in [-0.05, 0) is 12.8 Å². The van der Waals surface area contributed by atoms with Crippen molar-refractivity contribution < 1.29 is 0 Å². The molecule has 2 aliphatic rings. The summed E-state index contributed by atoms with van der Waals surface area (Å²) in [6, 6.07) is 0.496. The number of hydrogen-bond donors (Lipinski definition) is 2. The van der Waals surface area contributed by atoms with E-state index in [1.807, 2.05) is 0 Å². The number of hydrogen-bond acceptors (Lipinski definition) is 4. The molecule has 1 aromatic rings. The standard InChI is InChI=1S/C11H15N3OS/c15-10-8-5-16-6-9(8)13-11(14-10)12-7-3-1-2-4-7/h7H,1-6H2,(H2,12,13,14,15). The molecule has 1 aliphatic heterocycles. The van der Waals surface area contributed by atoms with E-state index in [-0.39, 0.29) is 5.56 Å². The van der Waals surface area contributed by atoms with Gasteiger partial charge in [0.25, 0.3) is 5.56 Å². The zero-order chi connectivity index (χ0) is 11.0. The number of aromatic nitrogens is 2. The number of nitrogens with one attached hydrogen (secondary N) is 2. The minimum atomic E-state index is 0.0375. The van der Waals surface area contributed by atoms with Gasteiger partial charge in [0, 0.05) is 23.1 Å². The Hall–Kier alpha value is -0.970. The monoisotopic (exact) mass is 237 g/mol. The zero-order valence-corrected chi connectivity index (χ0v) is 9.90. The van der Waals surface area contributed by atoms with E-state index in [9.17, 15) is 4.79 Å². The number of aromatic amines is 1. The molecule has 0 amide bonds. The van der Waals surface area contributed by atoms with Crippen LogP contribution in [0.2, 0.25) is 0 Å². The smallest absolute Gasteiger partial charge is 0.256 e. The Balaban J connectivity index is 1.85. The molecule has 0 saturated heterocycles. The second-order valence-electron chi connectivity index (χ2n) is 4.46. The summed E-state index contributed by atoms with van der Waals surface area (Å²) in [5.74, 6) is 2.35. The highest BCUT2D eigenvalue weighted by Crippen LogP contribution is 2.26. The van der Waals surface area contributed by atoms with Crippen molar-refractivity contribution in [3.8, 4) is 0 Å². The molecule has 0 radical (unpaired) electrons. The van der Waals surface area contributed by atoms with Gasteiger partial charge in [-0.1, -0.05) is 12.8 Å². The lowest BCUT2D eigenvalue weighted by atomic mass is 10.2. The first-order chi connectivity index (χ1) is 7.83. The predicted octanol–water partition coefficient (Wildman–Crippen LogP) is 1.87. The molecule has 16 heavy (non-hydrogen) atoms. The molecule has 4 nitrogen and oxygen atoms in total. The summed E-state index contributed by atoms with van der Waals surface area (Å²) in [4.78, 5) is 19.1. The molecule has 1 fully saturated rings. The molecule has 1 aromatic heterocycles. The number of H-pyrrole nitrogens is 1. The number of fused-ring (bicyclic) bond motifs is 1. The van der Waals surface area contributed by atoms with E-state index in [2.05, 4.69) is 15.3 Å². The molecule has 0 spiro atoms. The Bertz CT molecular complexity index is 451. The molecule has 1 saturated carbocycles. The maximum Gasteiger partial charge on any atom is 0.256 e. The molecule has 5 heteroatoms. The van der Waals surface area contributed by atoms with Crippen molar-refractivity contribution in [2.75, 3.05) is 5.32 Å². The summed E-state index contributed by atoms with van der Waals surface area (Å²) in [5, 5.41) is 3.34. The third-order valence-electron chi connectivity index (χ3n) is 3.28. The predicted molar refractivity (Wildman–Crippen MR) is 65.7 cm³/mol. The van der Waals surface area contributed by atoms with Crippen molar-refractivity contribution >= 4 is 17.7 Å². The van der Waals surface area contributed by atoms with E-state index in [0.717, 1.165) is 22.8 Å². The Labute approximate surface area is 98.2 Å². The highest BCUT2D eigenvalue weighted by atomic mass is 32.2. The van der Waals surface area contributed by atoms with Crippen LogP contribution in [0.1, 0.15) is 36.9 Å². The quantitative estimate of drug-likeness (QED) is 0.824. The van der Waals surface area contributed by atoms with Crippen LogP contribution < -0.4 is 10.9 Å². The molecule has 0 bridgehead atoms. The van der Waals surface area contributed by atoms with Crippen LogP contribution in [-0.4, -0.2) is 16.0 Å². The van der Waals surface area contributed by atoms with Crippen molar-refractivity contribution in [3.05, 3.63) is 21.6 Å². The van der Waals surface area contributed by atoms with Crippen molar-refractivity contribution in [1.29, 1.82) is 0 Å². The molecule has 2 heterocycles. The fourth-order valence-electron chi connectivity index (χ4n) is 2.39. The van der Waals surface area contributed by atoms with Gasteiger partial charge in [0.2, 0.25) is 5.95 Å². The van der Waals surface area contributed by atoms with Gasteiger partial charge in [-0.3, -0.25) is 9.78 Å². The van der Waals surface area contributed by atoms with Crippen LogP contribution in [0.3, 0.4) is 0 Å². The van der Waals surface area contributed by atoms with Crippen LogP contribution in [0.4, 0.5) is 5.95 Å². The lowest BCUT2D eigenvalue weighted by molar-refractivity contribution is 0.741. The van der Waals surface area contributed by atoms with Crippen molar-refractivity contribution in [2.24, 2.45) is 0 Å². The maximum atomic E-state index is 11.8. The topological polar surface area (TPSA) is 57.8 Å². The van der Waals surface area contributed by atoms with Crippen molar-refractivity contribution in [2.45, 2.75) is 43.2 Å². The van der Waals surface area contributed by atoms with Gasteiger partial charge in [0.1, 0.15) is 0 Å². The third-order valence-corrected chi connectivity index (χ3v) is 4.25. The first-order valence-electron chi connectivity index (χ1n) is 5.79. The van der Waals surface area contributed by atoms with E-state index < -0.39 is 0 Å². The number of anilines is 1. The van der Waals surface area contributed by atoms with Gasteiger partial charge in [0.05, 0.1) is 5.69 Å². The summed E-state index contributed by atoms with van der Waals surface area (Å²) in [6.45, 7) is 0. The largest absolute Gasteiger partial charge is 0.353 e. The lowest BCUT2D eigenvalue weighted by Gasteiger charge is -2.12.